The fourth-order valence-electron chi connectivity index (χ4n) is 3.24. The highest BCUT2D eigenvalue weighted by atomic mass is 127. The predicted molar refractivity (Wildman–Crippen MR) is 75.1 cm³/mol. The van der Waals surface area contributed by atoms with Crippen LogP contribution in [0.5, 0.6) is 0 Å². The number of hydrogen-bond donors (Lipinski definition) is 0. The van der Waals surface area contributed by atoms with Crippen LogP contribution in [0, 0.1) is 10.6 Å². The van der Waals surface area contributed by atoms with E-state index in [0.29, 0.717) is 6.04 Å². The van der Waals surface area contributed by atoms with Gasteiger partial charge in [-0.05, 0) is 55.2 Å². The first-order valence-corrected chi connectivity index (χ1v) is 7.62. The van der Waals surface area contributed by atoms with E-state index in [9.17, 15) is 0 Å². The normalized spacial score (nSPS) is 27.8. The molecule has 0 bridgehead atoms. The lowest BCUT2D eigenvalue weighted by Gasteiger charge is -2.38. The second kappa shape index (κ2) is 4.53. The topological polar surface area (TPSA) is 27.1 Å². The number of nitrogens with zero attached hydrogens (tertiary/aromatic N) is 2. The van der Waals surface area contributed by atoms with Crippen LogP contribution < -0.4 is 0 Å². The third-order valence-electron chi connectivity index (χ3n) is 4.21. The van der Waals surface area contributed by atoms with Crippen molar-refractivity contribution in [1.29, 1.82) is 0 Å². The van der Waals surface area contributed by atoms with E-state index in [1.807, 2.05) is 0 Å². The van der Waals surface area contributed by atoms with E-state index < -0.39 is 0 Å². The van der Waals surface area contributed by atoms with Gasteiger partial charge in [0.15, 0.2) is 0 Å². The van der Waals surface area contributed by atoms with Crippen molar-refractivity contribution in [2.75, 3.05) is 6.61 Å². The van der Waals surface area contributed by atoms with Gasteiger partial charge in [-0.3, -0.25) is 4.68 Å². The first-order valence-electron chi connectivity index (χ1n) is 6.54. The van der Waals surface area contributed by atoms with Gasteiger partial charge >= 0.3 is 0 Å². The summed E-state index contributed by atoms with van der Waals surface area (Å²) in [4.78, 5) is 0. The minimum absolute atomic E-state index is 0.189. The zero-order chi connectivity index (χ0) is 11.9. The molecule has 1 aliphatic carbocycles. The SMILES string of the molecule is Cc1cn(C2CCOC3(CCCC3)C2)nc1I. The van der Waals surface area contributed by atoms with Crippen molar-refractivity contribution < 1.29 is 4.74 Å². The maximum absolute atomic E-state index is 6.07. The maximum atomic E-state index is 6.07. The minimum atomic E-state index is 0.189. The van der Waals surface area contributed by atoms with E-state index in [1.165, 1.54) is 31.2 Å². The van der Waals surface area contributed by atoms with Gasteiger partial charge in [0.1, 0.15) is 3.70 Å². The molecule has 1 spiro atoms. The molecular formula is C13H19IN2O. The lowest BCUT2D eigenvalue weighted by atomic mass is 9.89. The van der Waals surface area contributed by atoms with Crippen LogP contribution in [0.3, 0.4) is 0 Å². The molecule has 1 aliphatic heterocycles. The Morgan fingerprint density at radius 1 is 1.47 bits per heavy atom. The number of aryl methyl sites for hydroxylation is 1. The molecule has 1 aromatic rings. The third-order valence-corrected chi connectivity index (χ3v) is 5.28. The molecule has 1 saturated carbocycles. The van der Waals surface area contributed by atoms with Gasteiger partial charge in [0.25, 0.3) is 0 Å². The van der Waals surface area contributed by atoms with E-state index in [1.54, 1.807) is 0 Å². The van der Waals surface area contributed by atoms with Gasteiger partial charge in [-0.15, -0.1) is 0 Å². The van der Waals surface area contributed by atoms with Gasteiger partial charge in [0.05, 0.1) is 11.6 Å². The number of halogens is 1. The van der Waals surface area contributed by atoms with Gasteiger partial charge in [0, 0.05) is 18.4 Å². The minimum Gasteiger partial charge on any atom is -0.375 e. The molecule has 3 rings (SSSR count). The molecule has 4 heteroatoms. The number of ether oxygens (including phenoxy) is 1. The standard InChI is InChI=1S/C13H19IN2O/c1-10-9-16(15-12(10)14)11-4-7-17-13(8-11)5-2-3-6-13/h9,11H,2-8H2,1H3. The summed E-state index contributed by atoms with van der Waals surface area (Å²) in [5, 5.41) is 4.64. The van der Waals surface area contributed by atoms with Gasteiger partial charge in [-0.2, -0.15) is 5.10 Å². The number of hydrogen-bond acceptors (Lipinski definition) is 2. The Kier molecular flexibility index (Phi) is 3.19. The quantitative estimate of drug-likeness (QED) is 0.729. The molecule has 2 heterocycles. The van der Waals surface area contributed by atoms with Crippen LogP contribution in [-0.2, 0) is 4.74 Å². The predicted octanol–water partition coefficient (Wildman–Crippen LogP) is 3.46. The van der Waals surface area contributed by atoms with E-state index in [2.05, 4.69) is 45.5 Å². The average molecular weight is 346 g/mol. The molecule has 1 unspecified atom stereocenters. The van der Waals surface area contributed by atoms with E-state index >= 15 is 0 Å². The zero-order valence-electron chi connectivity index (χ0n) is 10.3. The Morgan fingerprint density at radius 2 is 2.24 bits per heavy atom. The summed E-state index contributed by atoms with van der Waals surface area (Å²) in [6.07, 6.45) is 9.63. The van der Waals surface area contributed by atoms with Gasteiger partial charge in [0.2, 0.25) is 0 Å². The van der Waals surface area contributed by atoms with E-state index in [4.69, 9.17) is 4.74 Å². The van der Waals surface area contributed by atoms with Crippen LogP contribution in [0.15, 0.2) is 6.20 Å². The molecule has 1 saturated heterocycles. The van der Waals surface area contributed by atoms with Crippen molar-refractivity contribution in [3.63, 3.8) is 0 Å². The van der Waals surface area contributed by atoms with Crippen molar-refractivity contribution in [3.05, 3.63) is 15.5 Å². The molecule has 2 aliphatic rings. The van der Waals surface area contributed by atoms with Crippen LogP contribution in [0.25, 0.3) is 0 Å². The van der Waals surface area contributed by atoms with Crippen molar-refractivity contribution in [1.82, 2.24) is 9.78 Å². The summed E-state index contributed by atoms with van der Waals surface area (Å²) >= 11 is 2.32. The largest absolute Gasteiger partial charge is 0.375 e. The Labute approximate surface area is 116 Å². The molecule has 0 N–H and O–H groups in total. The average Bonchev–Trinajstić information content (AvgIpc) is 2.88. The smallest absolute Gasteiger partial charge is 0.126 e. The second-order valence-corrected chi connectivity index (χ2v) is 6.49. The van der Waals surface area contributed by atoms with Crippen LogP contribution in [0.4, 0.5) is 0 Å². The highest BCUT2D eigenvalue weighted by Gasteiger charge is 2.40. The molecule has 94 valence electrons. The first-order chi connectivity index (χ1) is 8.19. The number of rotatable bonds is 1. The van der Waals surface area contributed by atoms with E-state index in [0.717, 1.165) is 23.1 Å². The Morgan fingerprint density at radius 3 is 2.88 bits per heavy atom. The molecule has 1 aromatic heterocycles. The fraction of sp³-hybridized carbons (Fsp3) is 0.769. The first kappa shape index (κ1) is 12.0. The van der Waals surface area contributed by atoms with E-state index in [-0.39, 0.29) is 5.60 Å². The Bertz CT molecular complexity index is 390. The molecule has 2 fully saturated rings. The maximum Gasteiger partial charge on any atom is 0.126 e. The molecule has 0 amide bonds. The lowest BCUT2D eigenvalue weighted by molar-refractivity contribution is -0.0910. The van der Waals surface area contributed by atoms with Crippen LogP contribution in [0.1, 0.15) is 50.1 Å². The van der Waals surface area contributed by atoms with Gasteiger partial charge in [-0.1, -0.05) is 12.8 Å². The highest BCUT2D eigenvalue weighted by Crippen LogP contribution is 2.43. The summed E-state index contributed by atoms with van der Waals surface area (Å²) < 4.78 is 9.39. The summed E-state index contributed by atoms with van der Waals surface area (Å²) in [6.45, 7) is 3.04. The van der Waals surface area contributed by atoms with Crippen LogP contribution >= 0.6 is 22.6 Å². The molecule has 0 aromatic carbocycles. The molecule has 1 atom stereocenters. The van der Waals surface area contributed by atoms with Gasteiger partial charge in [-0.25, -0.2) is 0 Å². The number of aromatic nitrogens is 2. The summed E-state index contributed by atoms with van der Waals surface area (Å²) in [6, 6.07) is 0.545. The summed E-state index contributed by atoms with van der Waals surface area (Å²) in [5.41, 5.74) is 1.48. The monoisotopic (exact) mass is 346 g/mol. The fourth-order valence-corrected chi connectivity index (χ4v) is 3.63. The van der Waals surface area contributed by atoms with Crippen molar-refractivity contribution in [2.24, 2.45) is 0 Å². The van der Waals surface area contributed by atoms with Crippen LogP contribution in [0.2, 0.25) is 0 Å². The van der Waals surface area contributed by atoms with Crippen molar-refractivity contribution >= 4 is 22.6 Å². The van der Waals surface area contributed by atoms with Crippen molar-refractivity contribution in [3.8, 4) is 0 Å². The van der Waals surface area contributed by atoms with Crippen LogP contribution in [-0.4, -0.2) is 22.0 Å². The molecule has 0 radical (unpaired) electrons. The lowest BCUT2D eigenvalue weighted by Crippen LogP contribution is -2.38. The molecular weight excluding hydrogens is 327 g/mol. The zero-order valence-corrected chi connectivity index (χ0v) is 12.4. The highest BCUT2D eigenvalue weighted by molar-refractivity contribution is 14.1. The Balaban J connectivity index is 1.79. The second-order valence-electron chi connectivity index (χ2n) is 5.47. The molecule has 3 nitrogen and oxygen atoms in total. The summed E-state index contributed by atoms with van der Waals surface area (Å²) in [7, 11) is 0. The third kappa shape index (κ3) is 2.26. The molecule has 17 heavy (non-hydrogen) atoms. The van der Waals surface area contributed by atoms with Gasteiger partial charge < -0.3 is 4.74 Å². The van der Waals surface area contributed by atoms with Crippen molar-refractivity contribution in [2.45, 2.75) is 57.1 Å². The Hall–Kier alpha value is -0.100. The summed E-state index contributed by atoms with van der Waals surface area (Å²) in [5.74, 6) is 0.